The van der Waals surface area contributed by atoms with Crippen LogP contribution in [0.4, 0.5) is 4.79 Å². The molecule has 1 N–H and O–H groups in total. The summed E-state index contributed by atoms with van der Waals surface area (Å²) in [6, 6.07) is -1.04. The van der Waals surface area contributed by atoms with Crippen molar-refractivity contribution in [2.24, 2.45) is 0 Å². The quantitative estimate of drug-likeness (QED) is 0.861. The lowest BCUT2D eigenvalue weighted by Crippen LogP contribution is -2.21. The number of nitrogens with one attached hydrogen (secondary N) is 1. The molecule has 1 aromatic carbocycles. The van der Waals surface area contributed by atoms with Gasteiger partial charge >= 0.3 is 6.09 Å². The van der Waals surface area contributed by atoms with Crippen molar-refractivity contribution >= 4 is 6.09 Å². The Balaban J connectivity index is 2.56. The van der Waals surface area contributed by atoms with Gasteiger partial charge in [0.05, 0.1) is 17.5 Å². The lowest BCUT2D eigenvalue weighted by Gasteiger charge is -2.11. The molecule has 0 aromatic heterocycles. The largest absolute Gasteiger partial charge is 0.490 e. The molecule has 0 aliphatic carbocycles. The SMILES string of the molecule is [2H]c1c(C)c([2H])c(OC([2H])([2H])C2([2H])OC(=O)N([2H])C2([2H])[2H])c([2H])c1C. The minimum absolute atomic E-state index is 0.0940. The van der Waals surface area contributed by atoms with Gasteiger partial charge in [-0.25, -0.2) is 4.79 Å². The van der Waals surface area contributed by atoms with Gasteiger partial charge < -0.3 is 14.8 Å². The van der Waals surface area contributed by atoms with Crippen molar-refractivity contribution in [3.63, 3.8) is 0 Å². The highest BCUT2D eigenvalue weighted by molar-refractivity contribution is 5.69. The van der Waals surface area contributed by atoms with Crippen LogP contribution in [-0.2, 0) is 4.74 Å². The summed E-state index contributed by atoms with van der Waals surface area (Å²) in [6.07, 6.45) is -4.85. The van der Waals surface area contributed by atoms with Gasteiger partial charge in [0, 0.05) is 0 Å². The minimum atomic E-state index is -3.34. The number of ether oxygens (including phenoxy) is 2. The summed E-state index contributed by atoms with van der Waals surface area (Å²) < 4.78 is 79.3. The fraction of sp³-hybridized carbons (Fsp3) is 0.417. The van der Waals surface area contributed by atoms with Crippen molar-refractivity contribution in [3.8, 4) is 5.75 Å². The van der Waals surface area contributed by atoms with Crippen molar-refractivity contribution in [2.45, 2.75) is 19.9 Å². The minimum Gasteiger partial charge on any atom is -0.490 e. The van der Waals surface area contributed by atoms with E-state index in [4.69, 9.17) is 17.1 Å². The first-order valence-corrected chi connectivity index (χ1v) is 4.47. The lowest BCUT2D eigenvalue weighted by molar-refractivity contribution is 0.105. The van der Waals surface area contributed by atoms with E-state index < -0.39 is 43.1 Å². The van der Waals surface area contributed by atoms with E-state index in [2.05, 4.69) is 4.74 Å². The number of rotatable bonds is 3. The molecule has 1 amide bonds. The molecule has 0 saturated carbocycles. The first kappa shape index (κ1) is 4.28. The van der Waals surface area contributed by atoms with Crippen LogP contribution >= 0.6 is 0 Å². The molecule has 16 heavy (non-hydrogen) atoms. The van der Waals surface area contributed by atoms with E-state index in [9.17, 15) is 4.79 Å². The fourth-order valence-corrected chi connectivity index (χ4v) is 1.14. The molecule has 1 heterocycles. The Kier molecular flexibility index (Phi) is 1.18. The van der Waals surface area contributed by atoms with E-state index in [-0.39, 0.29) is 22.5 Å². The van der Waals surface area contributed by atoms with Gasteiger partial charge in [-0.1, -0.05) is 6.04 Å². The maximum absolute atomic E-state index is 11.4. The van der Waals surface area contributed by atoms with Crippen LogP contribution in [-0.4, -0.2) is 25.2 Å². The van der Waals surface area contributed by atoms with Crippen LogP contribution in [0.5, 0.6) is 5.75 Å². The number of hydrogen-bond donors (Lipinski definition) is 1. The first-order chi connectivity index (χ1) is 11.2. The van der Waals surface area contributed by atoms with E-state index in [0.29, 0.717) is 0 Å². The number of amides is 1. The van der Waals surface area contributed by atoms with Crippen molar-refractivity contribution in [1.29, 1.82) is 0 Å². The van der Waals surface area contributed by atoms with Crippen LogP contribution in [0.2, 0.25) is 1.41 Å². The normalized spacial score (nSPS) is 36.5. The summed E-state index contributed by atoms with van der Waals surface area (Å²) >= 11 is 0. The fourth-order valence-electron chi connectivity index (χ4n) is 1.14. The van der Waals surface area contributed by atoms with Crippen LogP contribution in [0.1, 0.15) is 22.1 Å². The van der Waals surface area contributed by atoms with Crippen LogP contribution in [0.25, 0.3) is 0 Å². The molecule has 1 aliphatic rings. The third kappa shape index (κ3) is 2.66. The summed E-state index contributed by atoms with van der Waals surface area (Å²) in [5, 5.41) is -0.312. The summed E-state index contributed by atoms with van der Waals surface area (Å²) in [6.45, 7) is -3.74. The molecular weight excluding hydrogens is 206 g/mol. The van der Waals surface area contributed by atoms with Gasteiger partial charge in [0.15, 0.2) is 7.49 Å². The van der Waals surface area contributed by atoms with Crippen LogP contribution in [0.15, 0.2) is 18.1 Å². The number of benzene rings is 1. The van der Waals surface area contributed by atoms with Gasteiger partial charge in [-0.3, -0.25) is 0 Å². The van der Waals surface area contributed by atoms with E-state index >= 15 is 0 Å². The van der Waals surface area contributed by atoms with E-state index in [1.54, 1.807) is 0 Å². The zero-order valence-corrected chi connectivity index (χ0v) is 8.67. The van der Waals surface area contributed by atoms with Crippen LogP contribution in [0.3, 0.4) is 0 Å². The van der Waals surface area contributed by atoms with Crippen molar-refractivity contribution in [2.75, 3.05) is 13.1 Å². The number of hydrogen-bond acceptors (Lipinski definition) is 3. The van der Waals surface area contributed by atoms with Crippen molar-refractivity contribution in [1.82, 2.24) is 5.31 Å². The molecule has 1 aliphatic heterocycles. The summed E-state index contributed by atoms with van der Waals surface area (Å²) in [4.78, 5) is 11.4. The maximum Gasteiger partial charge on any atom is 0.407 e. The summed E-state index contributed by atoms with van der Waals surface area (Å²) in [5.74, 6) is -0.613. The number of cyclic esters (lactones) is 1. The van der Waals surface area contributed by atoms with E-state index in [1.807, 2.05) is 0 Å². The first-order valence-electron chi connectivity index (χ1n) is 8.92. The molecule has 1 saturated heterocycles. The Morgan fingerprint density at radius 2 is 2.44 bits per heavy atom. The van der Waals surface area contributed by atoms with Crippen LogP contribution < -0.4 is 10.0 Å². The molecule has 86 valence electrons. The molecule has 1 aromatic rings. The molecular formula is C12H15NO3. The number of carbonyl (C=O) groups is 1. The predicted octanol–water partition coefficient (Wildman–Crippen LogP) is 1.79. The number of carbonyl (C=O) groups excluding carboxylic acids is 1. The molecule has 0 radical (unpaired) electrons. The Labute approximate surface area is 107 Å². The zero-order valence-electron chi connectivity index (χ0n) is 17.7. The highest BCUT2D eigenvalue weighted by atomic mass is 16.6. The van der Waals surface area contributed by atoms with Gasteiger partial charge in [0.2, 0.25) is 0 Å². The van der Waals surface area contributed by atoms with Crippen molar-refractivity contribution < 1.29 is 26.6 Å². The monoisotopic (exact) mass is 230 g/mol. The summed E-state index contributed by atoms with van der Waals surface area (Å²) in [7, 11) is 0. The highest BCUT2D eigenvalue weighted by Gasteiger charge is 2.22. The molecule has 0 bridgehead atoms. The predicted molar refractivity (Wildman–Crippen MR) is 59.7 cm³/mol. The molecule has 2 rings (SSSR count). The topological polar surface area (TPSA) is 47.6 Å². The Bertz CT molecular complexity index is 725. The van der Waals surface area contributed by atoms with Gasteiger partial charge in [-0.15, -0.1) is 0 Å². The highest BCUT2D eigenvalue weighted by Crippen LogP contribution is 2.16. The molecule has 4 heteroatoms. The second-order valence-electron chi connectivity index (χ2n) is 3.08. The van der Waals surface area contributed by atoms with Gasteiger partial charge in [-0.05, 0) is 37.1 Å². The zero-order chi connectivity index (χ0) is 19.5. The average molecular weight is 230 g/mol. The Hall–Kier alpha value is -1.71. The summed E-state index contributed by atoms with van der Waals surface area (Å²) in [5.41, 5.74) is 0.207. The van der Waals surface area contributed by atoms with E-state index in [1.165, 1.54) is 13.8 Å². The molecule has 1 atom stereocenters. The molecule has 1 unspecified atom stereocenters. The Morgan fingerprint density at radius 1 is 1.75 bits per heavy atom. The lowest BCUT2D eigenvalue weighted by atomic mass is 10.1. The van der Waals surface area contributed by atoms with Gasteiger partial charge in [-0.2, -0.15) is 0 Å². The molecule has 4 nitrogen and oxygen atoms in total. The Morgan fingerprint density at radius 3 is 3.00 bits per heavy atom. The second kappa shape index (κ2) is 4.43. The maximum atomic E-state index is 11.4. The molecule has 1 fully saturated rings. The van der Waals surface area contributed by atoms with Crippen LogP contribution in [0, 0.1) is 13.8 Å². The third-order valence-electron chi connectivity index (χ3n) is 1.66. The van der Waals surface area contributed by atoms with E-state index in [0.717, 1.165) is 0 Å². The van der Waals surface area contributed by atoms with Gasteiger partial charge in [0.25, 0.3) is 0 Å². The molecule has 0 spiro atoms. The standard InChI is InChI=1S/C12H15NO3/c1-8-3-9(2)5-10(4-8)15-7-11-6-13-12(14)16-11/h3-5,11H,6-7H2,1-2H3,(H,13,14)/i3D,4D,5D,6D2,7D2,11D/hD. The smallest absolute Gasteiger partial charge is 0.407 e. The third-order valence-corrected chi connectivity index (χ3v) is 1.66. The number of alkyl carbamates (subject to hydrolysis) is 1. The van der Waals surface area contributed by atoms with Gasteiger partial charge in [0.1, 0.15) is 12.3 Å². The van der Waals surface area contributed by atoms with Crippen molar-refractivity contribution in [3.05, 3.63) is 29.3 Å². The second-order valence-corrected chi connectivity index (χ2v) is 3.08. The average Bonchev–Trinajstić information content (AvgIpc) is 2.68.